The summed E-state index contributed by atoms with van der Waals surface area (Å²) in [5.41, 5.74) is 8.35. The van der Waals surface area contributed by atoms with Crippen LogP contribution in [0.1, 0.15) is 27.0 Å². The van der Waals surface area contributed by atoms with Gasteiger partial charge in [0.05, 0.1) is 24.2 Å². The molecular formula is C25H28N4O5S. The van der Waals surface area contributed by atoms with Crippen molar-refractivity contribution >= 4 is 33.2 Å². The van der Waals surface area contributed by atoms with E-state index in [0.717, 1.165) is 16.8 Å². The molecule has 184 valence electrons. The van der Waals surface area contributed by atoms with Crippen LogP contribution < -0.4 is 25.6 Å². The van der Waals surface area contributed by atoms with Gasteiger partial charge in [-0.2, -0.15) is 0 Å². The van der Waals surface area contributed by atoms with Gasteiger partial charge in [0.15, 0.2) is 0 Å². The number of sulfonamides is 1. The third kappa shape index (κ3) is 6.51. The summed E-state index contributed by atoms with van der Waals surface area (Å²) < 4.78 is 33.7. The van der Waals surface area contributed by atoms with Crippen LogP contribution >= 0.6 is 0 Å². The van der Waals surface area contributed by atoms with Gasteiger partial charge in [0, 0.05) is 11.3 Å². The van der Waals surface area contributed by atoms with E-state index in [1.165, 1.54) is 25.3 Å². The van der Waals surface area contributed by atoms with Gasteiger partial charge >= 0.3 is 0 Å². The normalized spacial score (nSPS) is 10.9. The standard InChI is InChI=1S/C25H28N4O5S/c1-16-9-12-20(18(3)13-16)26-15-24(30)27-28-25(31)19-11-10-17(2)23(14-19)35(32,33)29-21-7-5-6-8-22(21)34-4/h5-14,26,29H,15H2,1-4H3,(H,27,30)(H,28,31). The van der Waals surface area contributed by atoms with Gasteiger partial charge in [0.2, 0.25) is 0 Å². The number of rotatable bonds is 8. The molecule has 0 aliphatic rings. The van der Waals surface area contributed by atoms with E-state index in [0.29, 0.717) is 11.3 Å². The molecule has 0 fully saturated rings. The number of para-hydroxylation sites is 2. The first kappa shape index (κ1) is 25.6. The molecule has 0 saturated carbocycles. The minimum Gasteiger partial charge on any atom is -0.495 e. The average Bonchev–Trinajstić information content (AvgIpc) is 2.82. The second-order valence-corrected chi connectivity index (χ2v) is 9.61. The highest BCUT2D eigenvalue weighted by Gasteiger charge is 2.21. The van der Waals surface area contributed by atoms with Gasteiger partial charge in [0.25, 0.3) is 21.8 Å². The largest absolute Gasteiger partial charge is 0.495 e. The van der Waals surface area contributed by atoms with Crippen molar-refractivity contribution in [2.24, 2.45) is 0 Å². The molecule has 10 heteroatoms. The number of carbonyl (C=O) groups is 2. The van der Waals surface area contributed by atoms with Crippen molar-refractivity contribution in [2.75, 3.05) is 23.7 Å². The van der Waals surface area contributed by atoms with Gasteiger partial charge in [-0.3, -0.25) is 25.2 Å². The number of hydrazine groups is 1. The summed E-state index contributed by atoms with van der Waals surface area (Å²) in [6.45, 7) is 5.48. The zero-order valence-electron chi connectivity index (χ0n) is 19.9. The van der Waals surface area contributed by atoms with Crippen molar-refractivity contribution in [3.63, 3.8) is 0 Å². The third-order valence-corrected chi connectivity index (χ3v) is 6.74. The van der Waals surface area contributed by atoms with Gasteiger partial charge < -0.3 is 10.1 Å². The van der Waals surface area contributed by atoms with E-state index in [2.05, 4.69) is 20.9 Å². The zero-order chi connectivity index (χ0) is 25.6. The number of hydrogen-bond acceptors (Lipinski definition) is 6. The van der Waals surface area contributed by atoms with Crippen LogP contribution in [-0.4, -0.2) is 33.9 Å². The number of hydrogen-bond donors (Lipinski definition) is 4. The second-order valence-electron chi connectivity index (χ2n) is 7.96. The van der Waals surface area contributed by atoms with Crippen molar-refractivity contribution in [3.8, 4) is 5.75 Å². The molecule has 4 N–H and O–H groups in total. The Morgan fingerprint density at radius 1 is 0.857 bits per heavy atom. The molecule has 0 aromatic heterocycles. The second kappa shape index (κ2) is 10.9. The van der Waals surface area contributed by atoms with E-state index < -0.39 is 21.8 Å². The molecule has 0 spiro atoms. The maximum Gasteiger partial charge on any atom is 0.269 e. The molecule has 2 amide bonds. The molecule has 0 atom stereocenters. The number of aryl methyl sites for hydroxylation is 3. The molecule has 0 aliphatic carbocycles. The third-order valence-electron chi connectivity index (χ3n) is 5.23. The molecule has 35 heavy (non-hydrogen) atoms. The molecule has 3 aromatic carbocycles. The van der Waals surface area contributed by atoms with Crippen LogP contribution in [0, 0.1) is 20.8 Å². The summed E-state index contributed by atoms with van der Waals surface area (Å²) in [4.78, 5) is 24.7. The maximum atomic E-state index is 13.0. The topological polar surface area (TPSA) is 126 Å². The molecule has 0 saturated heterocycles. The Hall–Kier alpha value is -4.05. The molecule has 0 radical (unpaired) electrons. The Morgan fingerprint density at radius 3 is 2.31 bits per heavy atom. The Balaban J connectivity index is 1.66. The van der Waals surface area contributed by atoms with Crippen molar-refractivity contribution in [1.82, 2.24) is 10.9 Å². The average molecular weight is 497 g/mol. The van der Waals surface area contributed by atoms with Crippen molar-refractivity contribution in [3.05, 3.63) is 82.9 Å². The SMILES string of the molecule is COc1ccccc1NS(=O)(=O)c1cc(C(=O)NNC(=O)CNc2ccc(C)cc2C)ccc1C. The molecular weight excluding hydrogens is 468 g/mol. The molecule has 0 bridgehead atoms. The van der Waals surface area contributed by atoms with Gasteiger partial charge in [0.1, 0.15) is 5.75 Å². The molecule has 0 heterocycles. The van der Waals surface area contributed by atoms with Crippen LogP contribution in [-0.2, 0) is 14.8 Å². The fraction of sp³-hybridized carbons (Fsp3) is 0.200. The minimum absolute atomic E-state index is 0.0550. The summed E-state index contributed by atoms with van der Waals surface area (Å²) in [5.74, 6) is -0.755. The van der Waals surface area contributed by atoms with Gasteiger partial charge in [-0.1, -0.05) is 35.9 Å². The van der Waals surface area contributed by atoms with E-state index in [-0.39, 0.29) is 22.7 Å². The molecule has 9 nitrogen and oxygen atoms in total. The van der Waals surface area contributed by atoms with Crippen molar-refractivity contribution in [2.45, 2.75) is 25.7 Å². The monoisotopic (exact) mass is 496 g/mol. The van der Waals surface area contributed by atoms with E-state index in [1.54, 1.807) is 31.2 Å². The van der Waals surface area contributed by atoms with E-state index in [9.17, 15) is 18.0 Å². The molecule has 3 rings (SSSR count). The van der Waals surface area contributed by atoms with Crippen LogP contribution in [0.3, 0.4) is 0 Å². The summed E-state index contributed by atoms with van der Waals surface area (Å²) in [7, 11) is -2.58. The van der Waals surface area contributed by atoms with Crippen LogP contribution in [0.2, 0.25) is 0 Å². The van der Waals surface area contributed by atoms with E-state index in [1.807, 2.05) is 32.0 Å². The van der Waals surface area contributed by atoms with Crippen LogP contribution in [0.4, 0.5) is 11.4 Å². The van der Waals surface area contributed by atoms with Gasteiger partial charge in [-0.15, -0.1) is 0 Å². The van der Waals surface area contributed by atoms with Crippen LogP contribution in [0.15, 0.2) is 65.6 Å². The highest BCUT2D eigenvalue weighted by Crippen LogP contribution is 2.27. The smallest absolute Gasteiger partial charge is 0.269 e. The Labute approximate surface area is 204 Å². The lowest BCUT2D eigenvalue weighted by Crippen LogP contribution is -2.44. The summed E-state index contributed by atoms with van der Waals surface area (Å²) in [5, 5.41) is 3.01. The summed E-state index contributed by atoms with van der Waals surface area (Å²) >= 11 is 0. The number of anilines is 2. The van der Waals surface area contributed by atoms with Crippen molar-refractivity contribution < 1.29 is 22.7 Å². The fourth-order valence-electron chi connectivity index (χ4n) is 3.39. The zero-order valence-corrected chi connectivity index (χ0v) is 20.7. The van der Waals surface area contributed by atoms with Crippen LogP contribution in [0.5, 0.6) is 5.75 Å². The van der Waals surface area contributed by atoms with Gasteiger partial charge in [-0.25, -0.2) is 8.42 Å². The highest BCUT2D eigenvalue weighted by molar-refractivity contribution is 7.92. The van der Waals surface area contributed by atoms with Gasteiger partial charge in [-0.05, 0) is 62.2 Å². The number of nitrogens with one attached hydrogen (secondary N) is 4. The molecule has 0 aliphatic heterocycles. The van der Waals surface area contributed by atoms with Crippen LogP contribution in [0.25, 0.3) is 0 Å². The minimum atomic E-state index is -4.02. The number of ether oxygens (including phenoxy) is 1. The van der Waals surface area contributed by atoms with E-state index >= 15 is 0 Å². The number of benzene rings is 3. The lowest BCUT2D eigenvalue weighted by molar-refractivity contribution is -0.120. The Bertz CT molecular complexity index is 1360. The first-order valence-corrected chi connectivity index (χ1v) is 12.3. The fourth-order valence-corrected chi connectivity index (χ4v) is 4.73. The Kier molecular flexibility index (Phi) is 7.98. The lowest BCUT2D eigenvalue weighted by Gasteiger charge is -2.14. The first-order valence-electron chi connectivity index (χ1n) is 10.8. The number of methoxy groups -OCH3 is 1. The summed E-state index contributed by atoms with van der Waals surface area (Å²) in [6.07, 6.45) is 0. The predicted molar refractivity (Wildman–Crippen MR) is 135 cm³/mol. The van der Waals surface area contributed by atoms with Crippen molar-refractivity contribution in [1.29, 1.82) is 0 Å². The predicted octanol–water partition coefficient (Wildman–Crippen LogP) is 3.29. The number of amides is 2. The quantitative estimate of drug-likeness (QED) is 0.355. The highest BCUT2D eigenvalue weighted by atomic mass is 32.2. The summed E-state index contributed by atoms with van der Waals surface area (Å²) in [6, 6.07) is 16.7. The molecule has 0 unspecified atom stereocenters. The first-order chi connectivity index (χ1) is 16.6. The lowest BCUT2D eigenvalue weighted by atomic mass is 10.1. The molecule has 3 aromatic rings. The maximum absolute atomic E-state index is 13.0. The van der Waals surface area contributed by atoms with E-state index in [4.69, 9.17) is 4.74 Å². The number of carbonyl (C=O) groups excluding carboxylic acids is 2. The Morgan fingerprint density at radius 2 is 1.60 bits per heavy atom.